The van der Waals surface area contributed by atoms with E-state index in [9.17, 15) is 4.79 Å². The Morgan fingerprint density at radius 3 is 2.82 bits per heavy atom. The van der Waals surface area contributed by atoms with Crippen molar-refractivity contribution in [2.75, 3.05) is 13.2 Å². The first-order valence-corrected chi connectivity index (χ1v) is 8.19. The number of piperidine rings is 1. The highest BCUT2D eigenvalue weighted by atomic mass is 16.5. The zero-order valence-corrected chi connectivity index (χ0v) is 13.1. The van der Waals surface area contributed by atoms with Gasteiger partial charge in [-0.2, -0.15) is 0 Å². The van der Waals surface area contributed by atoms with Crippen molar-refractivity contribution in [1.82, 2.24) is 4.90 Å². The normalized spacial score (nSPS) is 18.4. The molecule has 0 saturated carbocycles. The molecule has 0 N–H and O–H groups in total. The minimum atomic E-state index is 0.111. The molecular formula is C19H23NO2. The zero-order valence-electron chi connectivity index (χ0n) is 13.1. The van der Waals surface area contributed by atoms with Crippen molar-refractivity contribution in [3.63, 3.8) is 0 Å². The van der Waals surface area contributed by atoms with E-state index in [0.717, 1.165) is 36.9 Å². The molecule has 3 rings (SSSR count). The van der Waals surface area contributed by atoms with E-state index in [1.54, 1.807) is 0 Å². The van der Waals surface area contributed by atoms with E-state index in [0.29, 0.717) is 6.04 Å². The van der Waals surface area contributed by atoms with E-state index < -0.39 is 0 Å². The Morgan fingerprint density at radius 1 is 1.18 bits per heavy atom. The Kier molecular flexibility index (Phi) is 4.62. The van der Waals surface area contributed by atoms with Crippen molar-refractivity contribution in [3.8, 4) is 5.75 Å². The van der Waals surface area contributed by atoms with Crippen LogP contribution in [0, 0.1) is 0 Å². The van der Waals surface area contributed by atoms with E-state index in [-0.39, 0.29) is 12.5 Å². The second kappa shape index (κ2) is 6.82. The minimum absolute atomic E-state index is 0.111. The van der Waals surface area contributed by atoms with Gasteiger partial charge in [0.1, 0.15) is 5.75 Å². The third-order valence-electron chi connectivity index (χ3n) is 4.50. The van der Waals surface area contributed by atoms with Crippen molar-refractivity contribution in [2.45, 2.75) is 38.6 Å². The van der Waals surface area contributed by atoms with Gasteiger partial charge >= 0.3 is 0 Å². The van der Waals surface area contributed by atoms with E-state index >= 15 is 0 Å². The first-order chi connectivity index (χ1) is 10.8. The lowest BCUT2D eigenvalue weighted by atomic mass is 10.00. The van der Waals surface area contributed by atoms with Crippen LogP contribution in [0.3, 0.4) is 0 Å². The highest BCUT2D eigenvalue weighted by Gasteiger charge is 2.25. The lowest BCUT2D eigenvalue weighted by molar-refractivity contribution is -0.137. The van der Waals surface area contributed by atoms with Crippen LogP contribution < -0.4 is 4.74 Å². The van der Waals surface area contributed by atoms with Crippen molar-refractivity contribution in [2.24, 2.45) is 0 Å². The Balaban J connectivity index is 1.64. The molecule has 2 aromatic carbocycles. The SMILES string of the molecule is CC[C@@H]1CCCCN1C(=O)COc1ccc2ccccc2c1. The summed E-state index contributed by atoms with van der Waals surface area (Å²) in [6, 6.07) is 14.5. The third-order valence-corrected chi connectivity index (χ3v) is 4.50. The van der Waals surface area contributed by atoms with Crippen LogP contribution >= 0.6 is 0 Å². The van der Waals surface area contributed by atoms with E-state index in [4.69, 9.17) is 4.74 Å². The van der Waals surface area contributed by atoms with Crippen LogP contribution in [0.2, 0.25) is 0 Å². The second-order valence-corrected chi connectivity index (χ2v) is 5.94. The highest BCUT2D eigenvalue weighted by molar-refractivity contribution is 5.84. The summed E-state index contributed by atoms with van der Waals surface area (Å²) in [6.45, 7) is 3.16. The predicted octanol–water partition coefficient (Wildman–Crippen LogP) is 4.01. The molecule has 0 spiro atoms. The number of benzene rings is 2. The molecule has 1 amide bonds. The monoisotopic (exact) mass is 297 g/mol. The van der Waals surface area contributed by atoms with Crippen LogP contribution in [0.5, 0.6) is 5.75 Å². The van der Waals surface area contributed by atoms with Crippen LogP contribution in [-0.4, -0.2) is 30.0 Å². The minimum Gasteiger partial charge on any atom is -0.484 e. The van der Waals surface area contributed by atoms with Crippen LogP contribution in [0.15, 0.2) is 42.5 Å². The van der Waals surface area contributed by atoms with Crippen molar-refractivity contribution >= 4 is 16.7 Å². The molecule has 1 atom stereocenters. The molecule has 116 valence electrons. The molecule has 0 aromatic heterocycles. The summed E-state index contributed by atoms with van der Waals surface area (Å²) < 4.78 is 5.73. The van der Waals surface area contributed by atoms with Gasteiger partial charge in [-0.15, -0.1) is 0 Å². The van der Waals surface area contributed by atoms with Gasteiger partial charge in [0.05, 0.1) is 0 Å². The van der Waals surface area contributed by atoms with Crippen LogP contribution in [0.25, 0.3) is 10.8 Å². The molecule has 1 aliphatic rings. The molecule has 0 bridgehead atoms. The summed E-state index contributed by atoms with van der Waals surface area (Å²) in [5.74, 6) is 0.872. The molecule has 2 aromatic rings. The number of carbonyl (C=O) groups is 1. The number of likely N-dealkylation sites (tertiary alicyclic amines) is 1. The summed E-state index contributed by atoms with van der Waals surface area (Å²) >= 11 is 0. The summed E-state index contributed by atoms with van der Waals surface area (Å²) in [4.78, 5) is 14.4. The fourth-order valence-electron chi connectivity index (χ4n) is 3.24. The molecule has 3 heteroatoms. The molecule has 1 fully saturated rings. The number of amides is 1. The average Bonchev–Trinajstić information content (AvgIpc) is 2.59. The number of hydrogen-bond donors (Lipinski definition) is 0. The Labute approximate surface area is 131 Å². The fourth-order valence-corrected chi connectivity index (χ4v) is 3.24. The van der Waals surface area contributed by atoms with Gasteiger partial charge in [0.2, 0.25) is 0 Å². The Bertz CT molecular complexity index is 653. The van der Waals surface area contributed by atoms with Crippen molar-refractivity contribution in [1.29, 1.82) is 0 Å². The van der Waals surface area contributed by atoms with Gasteiger partial charge in [-0.05, 0) is 48.6 Å². The maximum atomic E-state index is 12.4. The van der Waals surface area contributed by atoms with E-state index in [2.05, 4.69) is 19.1 Å². The smallest absolute Gasteiger partial charge is 0.260 e. The van der Waals surface area contributed by atoms with Crippen LogP contribution in [0.4, 0.5) is 0 Å². The van der Waals surface area contributed by atoms with E-state index in [1.807, 2.05) is 35.2 Å². The molecular weight excluding hydrogens is 274 g/mol. The summed E-state index contributed by atoms with van der Waals surface area (Å²) in [5, 5.41) is 2.32. The topological polar surface area (TPSA) is 29.5 Å². The number of rotatable bonds is 4. The largest absolute Gasteiger partial charge is 0.484 e. The molecule has 1 saturated heterocycles. The number of fused-ring (bicyclic) bond motifs is 1. The van der Waals surface area contributed by atoms with E-state index in [1.165, 1.54) is 11.8 Å². The molecule has 0 radical (unpaired) electrons. The molecule has 3 nitrogen and oxygen atoms in total. The predicted molar refractivity (Wildman–Crippen MR) is 89.1 cm³/mol. The molecule has 22 heavy (non-hydrogen) atoms. The fraction of sp³-hybridized carbons (Fsp3) is 0.421. The first-order valence-electron chi connectivity index (χ1n) is 8.19. The van der Waals surface area contributed by atoms with Gasteiger partial charge in [-0.1, -0.05) is 37.3 Å². The van der Waals surface area contributed by atoms with Crippen molar-refractivity contribution in [3.05, 3.63) is 42.5 Å². The van der Waals surface area contributed by atoms with Gasteiger partial charge in [0, 0.05) is 12.6 Å². The highest BCUT2D eigenvalue weighted by Crippen LogP contribution is 2.22. The zero-order chi connectivity index (χ0) is 15.4. The maximum absolute atomic E-state index is 12.4. The quantitative estimate of drug-likeness (QED) is 0.853. The standard InChI is InChI=1S/C19H23NO2/c1-2-17-9-5-6-12-20(17)19(21)14-22-18-11-10-15-7-3-4-8-16(15)13-18/h3-4,7-8,10-11,13,17H,2,5-6,9,12,14H2,1H3/t17-/m1/s1. The number of carbonyl (C=O) groups excluding carboxylic acids is 1. The second-order valence-electron chi connectivity index (χ2n) is 5.94. The Morgan fingerprint density at radius 2 is 2.00 bits per heavy atom. The van der Waals surface area contributed by atoms with Gasteiger partial charge in [-0.3, -0.25) is 4.79 Å². The first kappa shape index (κ1) is 14.9. The van der Waals surface area contributed by atoms with Crippen molar-refractivity contribution < 1.29 is 9.53 Å². The number of nitrogens with zero attached hydrogens (tertiary/aromatic N) is 1. The summed E-state index contributed by atoms with van der Waals surface area (Å²) in [6.07, 6.45) is 4.49. The summed E-state index contributed by atoms with van der Waals surface area (Å²) in [5.41, 5.74) is 0. The van der Waals surface area contributed by atoms with Crippen LogP contribution in [0.1, 0.15) is 32.6 Å². The van der Waals surface area contributed by atoms with Crippen LogP contribution in [-0.2, 0) is 4.79 Å². The third kappa shape index (κ3) is 3.24. The molecule has 1 heterocycles. The molecule has 1 aliphatic heterocycles. The average molecular weight is 297 g/mol. The lowest BCUT2D eigenvalue weighted by Gasteiger charge is -2.35. The molecule has 0 aliphatic carbocycles. The number of hydrogen-bond acceptors (Lipinski definition) is 2. The number of ether oxygens (including phenoxy) is 1. The lowest BCUT2D eigenvalue weighted by Crippen LogP contribution is -2.45. The van der Waals surface area contributed by atoms with Gasteiger partial charge in [0.25, 0.3) is 5.91 Å². The Hall–Kier alpha value is -2.03. The molecule has 0 unspecified atom stereocenters. The van der Waals surface area contributed by atoms with Gasteiger partial charge in [0.15, 0.2) is 6.61 Å². The van der Waals surface area contributed by atoms with Gasteiger partial charge in [-0.25, -0.2) is 0 Å². The summed E-state index contributed by atoms with van der Waals surface area (Å²) in [7, 11) is 0. The van der Waals surface area contributed by atoms with Gasteiger partial charge < -0.3 is 9.64 Å². The maximum Gasteiger partial charge on any atom is 0.260 e.